The molecule has 0 radical (unpaired) electrons. The highest BCUT2D eigenvalue weighted by Crippen LogP contribution is 2.28. The zero-order valence-corrected chi connectivity index (χ0v) is 13.3. The van der Waals surface area contributed by atoms with E-state index in [0.717, 1.165) is 30.2 Å². The molecule has 21 heavy (non-hydrogen) atoms. The Morgan fingerprint density at radius 1 is 1.19 bits per heavy atom. The summed E-state index contributed by atoms with van der Waals surface area (Å²) < 4.78 is 1.98. The van der Waals surface area contributed by atoms with Crippen LogP contribution in [0.15, 0.2) is 24.3 Å². The van der Waals surface area contributed by atoms with Gasteiger partial charge < -0.3 is 5.73 Å². The second-order valence-corrected chi connectivity index (χ2v) is 7.20. The zero-order chi connectivity index (χ0) is 15.2. The van der Waals surface area contributed by atoms with Gasteiger partial charge in [-0.25, -0.2) is 9.67 Å². The Balaban J connectivity index is 1.93. The monoisotopic (exact) mass is 284 g/mol. The molecule has 0 aliphatic carbocycles. The standard InChI is InChI=1S/C17H24N4/c1-11-9-14(18)10-21-16(11)19-15(20-21)12-5-7-13(8-6-12)17(2,3)4/h5-8,11,14H,9-10,18H2,1-4H3. The van der Waals surface area contributed by atoms with Crippen molar-refractivity contribution in [2.24, 2.45) is 5.73 Å². The Hall–Kier alpha value is -1.68. The Kier molecular flexibility index (Phi) is 3.36. The van der Waals surface area contributed by atoms with Gasteiger partial charge in [-0.1, -0.05) is 52.0 Å². The van der Waals surface area contributed by atoms with Crippen LogP contribution >= 0.6 is 0 Å². The topological polar surface area (TPSA) is 56.7 Å². The molecule has 2 unspecified atom stereocenters. The van der Waals surface area contributed by atoms with Crippen LogP contribution < -0.4 is 5.73 Å². The molecule has 0 saturated carbocycles. The van der Waals surface area contributed by atoms with Crippen LogP contribution in [0.5, 0.6) is 0 Å². The predicted molar refractivity (Wildman–Crippen MR) is 85.2 cm³/mol. The van der Waals surface area contributed by atoms with Gasteiger partial charge in [-0.05, 0) is 17.4 Å². The smallest absolute Gasteiger partial charge is 0.181 e. The van der Waals surface area contributed by atoms with Crippen LogP contribution in [0.4, 0.5) is 0 Å². The molecule has 1 aromatic heterocycles. The molecule has 2 atom stereocenters. The van der Waals surface area contributed by atoms with Crippen molar-refractivity contribution >= 4 is 0 Å². The second-order valence-electron chi connectivity index (χ2n) is 7.20. The summed E-state index contributed by atoms with van der Waals surface area (Å²) >= 11 is 0. The van der Waals surface area contributed by atoms with Crippen molar-refractivity contribution in [2.45, 2.75) is 58.0 Å². The first-order valence-electron chi connectivity index (χ1n) is 7.66. The SMILES string of the molecule is CC1CC(N)Cn2nc(-c3ccc(C(C)(C)C)cc3)nc21. The first kappa shape index (κ1) is 14.3. The van der Waals surface area contributed by atoms with Crippen LogP contribution in [0.2, 0.25) is 0 Å². The second kappa shape index (κ2) is 4.95. The first-order valence-corrected chi connectivity index (χ1v) is 7.66. The minimum atomic E-state index is 0.167. The summed E-state index contributed by atoms with van der Waals surface area (Å²) in [6, 6.07) is 8.76. The zero-order valence-electron chi connectivity index (χ0n) is 13.3. The van der Waals surface area contributed by atoms with Gasteiger partial charge in [0.2, 0.25) is 0 Å². The lowest BCUT2D eigenvalue weighted by molar-refractivity contribution is 0.382. The third kappa shape index (κ3) is 2.72. The number of hydrogen-bond donors (Lipinski definition) is 1. The van der Waals surface area contributed by atoms with Gasteiger partial charge in [-0.15, -0.1) is 0 Å². The molecule has 1 aromatic carbocycles. The van der Waals surface area contributed by atoms with Gasteiger partial charge in [-0.2, -0.15) is 5.10 Å². The molecule has 4 heteroatoms. The molecular weight excluding hydrogens is 260 g/mol. The summed E-state index contributed by atoms with van der Waals surface area (Å²) in [5, 5.41) is 4.64. The first-order chi connectivity index (χ1) is 9.84. The molecule has 1 aliphatic rings. The average molecular weight is 284 g/mol. The van der Waals surface area contributed by atoms with Crippen molar-refractivity contribution in [2.75, 3.05) is 0 Å². The molecule has 0 amide bonds. The van der Waals surface area contributed by atoms with Gasteiger partial charge in [0.15, 0.2) is 5.82 Å². The largest absolute Gasteiger partial charge is 0.326 e. The molecule has 112 valence electrons. The van der Waals surface area contributed by atoms with Crippen LogP contribution in [-0.4, -0.2) is 20.8 Å². The minimum absolute atomic E-state index is 0.167. The lowest BCUT2D eigenvalue weighted by Crippen LogP contribution is -2.34. The summed E-state index contributed by atoms with van der Waals surface area (Å²) in [5.74, 6) is 2.25. The number of aromatic nitrogens is 3. The molecule has 2 N–H and O–H groups in total. The summed E-state index contributed by atoms with van der Waals surface area (Å²) in [6.45, 7) is 9.61. The van der Waals surface area contributed by atoms with E-state index in [9.17, 15) is 0 Å². The van der Waals surface area contributed by atoms with E-state index >= 15 is 0 Å². The molecule has 0 saturated heterocycles. The number of benzene rings is 1. The van der Waals surface area contributed by atoms with Gasteiger partial charge in [0, 0.05) is 17.5 Å². The number of nitrogens with two attached hydrogens (primary N) is 1. The molecule has 2 heterocycles. The predicted octanol–water partition coefficient (Wildman–Crippen LogP) is 3.08. The molecular formula is C17H24N4. The molecule has 0 fully saturated rings. The lowest BCUT2D eigenvalue weighted by Gasteiger charge is -2.23. The highest BCUT2D eigenvalue weighted by Gasteiger charge is 2.25. The Bertz CT molecular complexity index is 634. The lowest BCUT2D eigenvalue weighted by atomic mass is 9.87. The molecule has 4 nitrogen and oxygen atoms in total. The third-order valence-electron chi connectivity index (χ3n) is 4.21. The van der Waals surface area contributed by atoms with E-state index in [4.69, 9.17) is 10.7 Å². The van der Waals surface area contributed by atoms with Gasteiger partial charge in [0.05, 0.1) is 6.54 Å². The molecule has 1 aliphatic heterocycles. The fourth-order valence-corrected chi connectivity index (χ4v) is 2.95. The number of fused-ring (bicyclic) bond motifs is 1. The van der Waals surface area contributed by atoms with Crippen molar-refractivity contribution in [3.8, 4) is 11.4 Å². The number of nitrogens with zero attached hydrogens (tertiary/aromatic N) is 3. The molecule has 0 bridgehead atoms. The van der Waals surface area contributed by atoms with Gasteiger partial charge in [-0.3, -0.25) is 0 Å². The normalized spacial score (nSPS) is 22.1. The maximum atomic E-state index is 6.07. The molecule has 0 spiro atoms. The van der Waals surface area contributed by atoms with Crippen molar-refractivity contribution in [3.63, 3.8) is 0 Å². The summed E-state index contributed by atoms with van der Waals surface area (Å²) in [5.41, 5.74) is 8.63. The van der Waals surface area contributed by atoms with Crippen LogP contribution in [0.3, 0.4) is 0 Å². The van der Waals surface area contributed by atoms with Crippen LogP contribution in [0.25, 0.3) is 11.4 Å². The minimum Gasteiger partial charge on any atom is -0.326 e. The van der Waals surface area contributed by atoms with Crippen molar-refractivity contribution < 1.29 is 0 Å². The Labute approximate surface area is 126 Å². The fraction of sp³-hybridized carbons (Fsp3) is 0.529. The van der Waals surface area contributed by atoms with Crippen molar-refractivity contribution in [1.29, 1.82) is 0 Å². The van der Waals surface area contributed by atoms with Gasteiger partial charge in [0.25, 0.3) is 0 Å². The summed E-state index contributed by atoms with van der Waals surface area (Å²) in [4.78, 5) is 4.72. The number of rotatable bonds is 1. The summed E-state index contributed by atoms with van der Waals surface area (Å²) in [6.07, 6.45) is 0.987. The van der Waals surface area contributed by atoms with E-state index < -0.39 is 0 Å². The van der Waals surface area contributed by atoms with E-state index in [2.05, 4.69) is 57.1 Å². The van der Waals surface area contributed by atoms with Crippen LogP contribution in [-0.2, 0) is 12.0 Å². The van der Waals surface area contributed by atoms with Crippen LogP contribution in [0, 0.1) is 0 Å². The Morgan fingerprint density at radius 3 is 2.48 bits per heavy atom. The quantitative estimate of drug-likeness (QED) is 0.875. The summed E-state index contributed by atoms with van der Waals surface area (Å²) in [7, 11) is 0. The van der Waals surface area contributed by atoms with E-state index in [0.29, 0.717) is 5.92 Å². The van der Waals surface area contributed by atoms with E-state index in [1.807, 2.05) is 4.68 Å². The van der Waals surface area contributed by atoms with Crippen LogP contribution in [0.1, 0.15) is 51.4 Å². The molecule has 3 rings (SSSR count). The maximum absolute atomic E-state index is 6.07. The van der Waals surface area contributed by atoms with Gasteiger partial charge in [0.1, 0.15) is 5.82 Å². The van der Waals surface area contributed by atoms with E-state index in [1.54, 1.807) is 0 Å². The van der Waals surface area contributed by atoms with Crippen molar-refractivity contribution in [1.82, 2.24) is 14.8 Å². The molecule has 2 aromatic rings. The van der Waals surface area contributed by atoms with Crippen molar-refractivity contribution in [3.05, 3.63) is 35.7 Å². The number of hydrogen-bond acceptors (Lipinski definition) is 3. The maximum Gasteiger partial charge on any atom is 0.181 e. The van der Waals surface area contributed by atoms with Gasteiger partial charge >= 0.3 is 0 Å². The third-order valence-corrected chi connectivity index (χ3v) is 4.21. The fourth-order valence-electron chi connectivity index (χ4n) is 2.95. The highest BCUT2D eigenvalue weighted by molar-refractivity contribution is 5.55. The Morgan fingerprint density at radius 2 is 1.86 bits per heavy atom. The van der Waals surface area contributed by atoms with E-state index in [1.165, 1.54) is 5.56 Å². The van der Waals surface area contributed by atoms with E-state index in [-0.39, 0.29) is 11.5 Å². The highest BCUT2D eigenvalue weighted by atomic mass is 15.4. The average Bonchev–Trinajstić information content (AvgIpc) is 2.82.